The standard InChI is InChI=1S/C10H12O3/c1-3-11-7-9-5-6-10(13-9)8-12-4-2/h5-6H,3-4H2,1-2H3. The molecule has 0 saturated heterocycles. The van der Waals surface area contributed by atoms with Crippen LogP contribution in [0.25, 0.3) is 6.26 Å². The van der Waals surface area contributed by atoms with Crippen molar-refractivity contribution in [3.63, 3.8) is 0 Å². The molecular weight excluding hydrogens is 168 g/mol. The van der Waals surface area contributed by atoms with Crippen LogP contribution in [0.3, 0.4) is 0 Å². The SMILES string of the molecule is CCO[C-]=c1ccc(=C=[O+]CC)o1. The molecule has 0 fully saturated rings. The molecule has 3 nitrogen and oxygen atoms in total. The van der Waals surface area contributed by atoms with E-state index in [-0.39, 0.29) is 0 Å². The second-order valence-corrected chi connectivity index (χ2v) is 2.23. The molecule has 1 rings (SSSR count). The van der Waals surface area contributed by atoms with Gasteiger partial charge in [0.25, 0.3) is 6.61 Å². The summed E-state index contributed by atoms with van der Waals surface area (Å²) in [5.41, 5.74) is 1.09. The van der Waals surface area contributed by atoms with E-state index in [4.69, 9.17) is 13.6 Å². The van der Waals surface area contributed by atoms with Crippen molar-refractivity contribution in [1.82, 2.24) is 0 Å². The molecule has 0 aliphatic rings. The summed E-state index contributed by atoms with van der Waals surface area (Å²) in [4.78, 5) is 0. The van der Waals surface area contributed by atoms with Crippen molar-refractivity contribution in [3.05, 3.63) is 23.0 Å². The first kappa shape index (κ1) is 9.62. The van der Waals surface area contributed by atoms with Crippen LogP contribution in [0.2, 0.25) is 0 Å². The van der Waals surface area contributed by atoms with Gasteiger partial charge >= 0.3 is 5.94 Å². The Bertz CT molecular complexity index is 383. The molecule has 13 heavy (non-hydrogen) atoms. The summed E-state index contributed by atoms with van der Waals surface area (Å²) in [6.45, 7) is 4.93. The minimum atomic E-state index is 0.545. The van der Waals surface area contributed by atoms with E-state index >= 15 is 0 Å². The molecule has 0 aliphatic heterocycles. The lowest BCUT2D eigenvalue weighted by atomic mass is 10.6. The summed E-state index contributed by atoms with van der Waals surface area (Å²) in [5.74, 6) is 2.63. The third-order valence-electron chi connectivity index (χ3n) is 1.24. The predicted octanol–water partition coefficient (Wildman–Crippen LogP) is -0.0101. The van der Waals surface area contributed by atoms with Gasteiger partial charge < -0.3 is 9.15 Å². The van der Waals surface area contributed by atoms with E-state index in [0.29, 0.717) is 24.0 Å². The molecule has 0 aromatic carbocycles. The Morgan fingerprint density at radius 3 is 3.08 bits per heavy atom. The fourth-order valence-corrected chi connectivity index (χ4v) is 0.734. The van der Waals surface area contributed by atoms with Crippen molar-refractivity contribution in [3.8, 4) is 0 Å². The topological polar surface area (TPSA) is 33.7 Å². The van der Waals surface area contributed by atoms with Crippen LogP contribution in [-0.2, 0) is 9.16 Å². The Balaban J connectivity index is 2.93. The Hall–Kier alpha value is -1.47. The number of hydrogen-bond acceptors (Lipinski definition) is 2. The van der Waals surface area contributed by atoms with Crippen molar-refractivity contribution in [2.24, 2.45) is 0 Å². The molecule has 0 atom stereocenters. The zero-order chi connectivity index (χ0) is 9.52. The Kier molecular flexibility index (Phi) is 3.86. The minimum Gasteiger partial charge on any atom is -0.590 e. The number of rotatable bonds is 3. The van der Waals surface area contributed by atoms with Crippen LogP contribution >= 0.6 is 0 Å². The Morgan fingerprint density at radius 1 is 1.54 bits per heavy atom. The van der Waals surface area contributed by atoms with Gasteiger partial charge in [0.1, 0.15) is 0 Å². The molecule has 0 bridgehead atoms. The van der Waals surface area contributed by atoms with Gasteiger partial charge in [-0.15, -0.1) is 0 Å². The third-order valence-corrected chi connectivity index (χ3v) is 1.24. The average molecular weight is 180 g/mol. The fraction of sp³-hybridized carbons (Fsp3) is 0.400. The molecule has 0 spiro atoms. The highest BCUT2D eigenvalue weighted by Gasteiger charge is 1.82. The highest BCUT2D eigenvalue weighted by atomic mass is 16.5. The molecule has 0 aliphatic carbocycles. The summed E-state index contributed by atoms with van der Waals surface area (Å²) in [5, 5.41) is 0. The number of hydrogen-bond donors (Lipinski definition) is 0. The highest BCUT2D eigenvalue weighted by Crippen LogP contribution is 1.73. The largest absolute Gasteiger partial charge is 0.590 e. The van der Waals surface area contributed by atoms with E-state index in [0.717, 1.165) is 0 Å². The second-order valence-electron chi connectivity index (χ2n) is 2.23. The van der Waals surface area contributed by atoms with E-state index in [2.05, 4.69) is 12.2 Å². The first-order valence-corrected chi connectivity index (χ1v) is 4.22. The maximum Gasteiger partial charge on any atom is 0.389 e. The van der Waals surface area contributed by atoms with Crippen molar-refractivity contribution in [1.29, 1.82) is 0 Å². The Morgan fingerprint density at radius 2 is 2.38 bits per heavy atom. The van der Waals surface area contributed by atoms with Crippen molar-refractivity contribution in [2.75, 3.05) is 13.2 Å². The van der Waals surface area contributed by atoms with Crippen LogP contribution in [-0.4, -0.2) is 19.2 Å². The Labute approximate surface area is 76.6 Å². The van der Waals surface area contributed by atoms with Crippen LogP contribution in [0, 0.1) is 0 Å². The van der Waals surface area contributed by atoms with E-state index < -0.39 is 0 Å². The summed E-state index contributed by atoms with van der Waals surface area (Å²) >= 11 is 0. The van der Waals surface area contributed by atoms with Gasteiger partial charge in [0.2, 0.25) is 5.42 Å². The lowest BCUT2D eigenvalue weighted by Crippen LogP contribution is -2.02. The van der Waals surface area contributed by atoms with Gasteiger partial charge in [-0.25, -0.2) is 4.42 Å². The van der Waals surface area contributed by atoms with Crippen LogP contribution in [0.4, 0.5) is 0 Å². The van der Waals surface area contributed by atoms with E-state index in [9.17, 15) is 0 Å². The molecule has 1 heterocycles. The molecule has 0 amide bonds. The first-order chi connectivity index (χ1) is 6.36. The second kappa shape index (κ2) is 5.22. The number of ether oxygens (including phenoxy) is 1. The number of carbonyl (C=O) groups excluding carboxylic acids is 1. The van der Waals surface area contributed by atoms with Crippen molar-refractivity contribution < 1.29 is 13.6 Å². The van der Waals surface area contributed by atoms with E-state index in [1.54, 1.807) is 12.1 Å². The van der Waals surface area contributed by atoms with Gasteiger partial charge in [0, 0.05) is 6.92 Å². The minimum absolute atomic E-state index is 0.545. The van der Waals surface area contributed by atoms with Gasteiger partial charge in [-0.1, -0.05) is 6.07 Å². The fourth-order valence-electron chi connectivity index (χ4n) is 0.734. The smallest absolute Gasteiger partial charge is 0.389 e. The maximum atomic E-state index is 5.22. The van der Waals surface area contributed by atoms with Gasteiger partial charge in [0.15, 0.2) is 0 Å². The van der Waals surface area contributed by atoms with Crippen LogP contribution < -0.4 is 10.8 Å². The summed E-state index contributed by atoms with van der Waals surface area (Å²) in [7, 11) is 0. The molecule has 0 unspecified atom stereocenters. The quantitative estimate of drug-likeness (QED) is 0.484. The first-order valence-electron chi connectivity index (χ1n) is 4.22. The van der Waals surface area contributed by atoms with Crippen LogP contribution in [0.5, 0.6) is 0 Å². The lowest BCUT2D eigenvalue weighted by Gasteiger charge is -1.96. The monoisotopic (exact) mass is 180 g/mol. The molecule has 3 heteroatoms. The molecule has 0 radical (unpaired) electrons. The molecule has 0 saturated carbocycles. The molecule has 70 valence electrons. The third kappa shape index (κ3) is 3.18. The zero-order valence-corrected chi connectivity index (χ0v) is 7.79. The molecule has 1 aromatic heterocycles. The van der Waals surface area contributed by atoms with Gasteiger partial charge in [-0.2, -0.15) is 6.07 Å². The maximum absolute atomic E-state index is 5.22. The lowest BCUT2D eigenvalue weighted by molar-refractivity contribution is 0.125. The average Bonchev–Trinajstić information content (AvgIpc) is 2.59. The van der Waals surface area contributed by atoms with Crippen LogP contribution in [0.15, 0.2) is 16.5 Å². The van der Waals surface area contributed by atoms with E-state index in [1.165, 1.54) is 0 Å². The summed E-state index contributed by atoms with van der Waals surface area (Å²) < 4.78 is 15.1. The molecule has 0 N–H and O–H groups in total. The number of furan rings is 1. The van der Waals surface area contributed by atoms with Gasteiger partial charge in [-0.05, 0) is 18.6 Å². The highest BCUT2D eigenvalue weighted by molar-refractivity contribution is 5.42. The van der Waals surface area contributed by atoms with Crippen molar-refractivity contribution in [2.45, 2.75) is 13.8 Å². The van der Waals surface area contributed by atoms with E-state index in [1.807, 2.05) is 13.8 Å². The summed E-state index contributed by atoms with van der Waals surface area (Å²) in [6.07, 6.45) is 2.63. The zero-order valence-electron chi connectivity index (χ0n) is 7.79. The van der Waals surface area contributed by atoms with Gasteiger partial charge in [0.05, 0.1) is 6.61 Å². The van der Waals surface area contributed by atoms with Crippen LogP contribution in [0.1, 0.15) is 13.8 Å². The molecular formula is C10H12O3. The normalized spacial score (nSPS) is 11.1. The molecule has 1 aromatic rings. The summed E-state index contributed by atoms with van der Waals surface area (Å²) in [6, 6.07) is 3.49. The van der Waals surface area contributed by atoms with Crippen molar-refractivity contribution >= 4 is 12.2 Å². The van der Waals surface area contributed by atoms with Gasteiger partial charge in [-0.3, -0.25) is 0 Å². The predicted molar refractivity (Wildman–Crippen MR) is 48.3 cm³/mol.